The fourth-order valence-electron chi connectivity index (χ4n) is 1.75. The Morgan fingerprint density at radius 1 is 1.21 bits per heavy atom. The SMILES string of the molecule is CCCCOC(=O)N1CC(C(=O)O)(C(=O)OCC)C1. The number of carboxylic acids is 1. The van der Waals surface area contributed by atoms with E-state index in [0.29, 0.717) is 6.61 Å². The maximum atomic E-state index is 11.6. The fourth-order valence-corrected chi connectivity index (χ4v) is 1.75. The smallest absolute Gasteiger partial charge is 0.409 e. The summed E-state index contributed by atoms with van der Waals surface area (Å²) in [4.78, 5) is 35.5. The Morgan fingerprint density at radius 2 is 1.84 bits per heavy atom. The van der Waals surface area contributed by atoms with Gasteiger partial charge in [0.05, 0.1) is 26.3 Å². The Balaban J connectivity index is 2.53. The first-order valence-electron chi connectivity index (χ1n) is 6.30. The van der Waals surface area contributed by atoms with Crippen LogP contribution < -0.4 is 0 Å². The molecule has 108 valence electrons. The van der Waals surface area contributed by atoms with Gasteiger partial charge < -0.3 is 19.5 Å². The van der Waals surface area contributed by atoms with Crippen LogP contribution in [-0.2, 0) is 19.1 Å². The molecule has 0 saturated carbocycles. The number of carbonyl (C=O) groups is 3. The molecule has 7 heteroatoms. The standard InChI is InChI=1S/C12H19NO6/c1-3-5-6-19-11(17)13-7-12(8-13,9(14)15)10(16)18-4-2/h3-8H2,1-2H3,(H,14,15). The zero-order valence-corrected chi connectivity index (χ0v) is 11.2. The second-order valence-corrected chi connectivity index (χ2v) is 4.43. The van der Waals surface area contributed by atoms with Gasteiger partial charge in [0.25, 0.3) is 0 Å². The zero-order valence-electron chi connectivity index (χ0n) is 11.2. The summed E-state index contributed by atoms with van der Waals surface area (Å²) in [5.74, 6) is -2.08. The number of ether oxygens (including phenoxy) is 2. The molecule has 1 aliphatic rings. The van der Waals surface area contributed by atoms with E-state index >= 15 is 0 Å². The third kappa shape index (κ3) is 3.15. The second kappa shape index (κ2) is 6.40. The van der Waals surface area contributed by atoms with E-state index < -0.39 is 23.4 Å². The van der Waals surface area contributed by atoms with Crippen LogP contribution in [0.1, 0.15) is 26.7 Å². The summed E-state index contributed by atoms with van der Waals surface area (Å²) in [5, 5.41) is 9.11. The molecule has 0 aromatic heterocycles. The highest BCUT2D eigenvalue weighted by molar-refractivity contribution is 6.02. The maximum absolute atomic E-state index is 11.6. The third-order valence-corrected chi connectivity index (χ3v) is 2.98. The van der Waals surface area contributed by atoms with Gasteiger partial charge in [-0.3, -0.25) is 9.59 Å². The van der Waals surface area contributed by atoms with Crippen molar-refractivity contribution in [3.05, 3.63) is 0 Å². The van der Waals surface area contributed by atoms with Crippen LogP contribution in [0.25, 0.3) is 0 Å². The van der Waals surface area contributed by atoms with Gasteiger partial charge in [0.1, 0.15) is 0 Å². The molecule has 1 fully saturated rings. The summed E-state index contributed by atoms with van der Waals surface area (Å²) in [6.45, 7) is 3.56. The first-order chi connectivity index (χ1) is 8.97. The van der Waals surface area contributed by atoms with E-state index in [1.165, 1.54) is 4.90 Å². The average molecular weight is 273 g/mol. The molecule has 19 heavy (non-hydrogen) atoms. The van der Waals surface area contributed by atoms with E-state index in [4.69, 9.17) is 14.6 Å². The molecule has 1 saturated heterocycles. The molecule has 0 aromatic rings. The number of likely N-dealkylation sites (tertiary alicyclic amines) is 1. The summed E-state index contributed by atoms with van der Waals surface area (Å²) >= 11 is 0. The van der Waals surface area contributed by atoms with Crippen molar-refractivity contribution in [2.24, 2.45) is 5.41 Å². The number of carbonyl (C=O) groups excluding carboxylic acids is 2. The Kier molecular flexibility index (Phi) is 5.14. The Bertz CT molecular complexity index is 361. The summed E-state index contributed by atoms with van der Waals surface area (Å²) < 4.78 is 9.68. The van der Waals surface area contributed by atoms with Gasteiger partial charge in [-0.05, 0) is 13.3 Å². The highest BCUT2D eigenvalue weighted by Gasteiger charge is 2.59. The number of unbranched alkanes of at least 4 members (excludes halogenated alkanes) is 1. The highest BCUT2D eigenvalue weighted by Crippen LogP contribution is 2.32. The summed E-state index contributed by atoms with van der Waals surface area (Å²) in [7, 11) is 0. The number of rotatable bonds is 6. The predicted molar refractivity (Wildman–Crippen MR) is 64.5 cm³/mol. The molecule has 1 heterocycles. The number of hydrogen-bond acceptors (Lipinski definition) is 5. The lowest BCUT2D eigenvalue weighted by atomic mass is 9.80. The van der Waals surface area contributed by atoms with Crippen molar-refractivity contribution >= 4 is 18.0 Å². The van der Waals surface area contributed by atoms with E-state index in [1.54, 1.807) is 6.92 Å². The first kappa shape index (κ1) is 15.3. The molecule has 0 aliphatic carbocycles. The van der Waals surface area contributed by atoms with Gasteiger partial charge in [-0.25, -0.2) is 4.79 Å². The number of nitrogens with zero attached hydrogens (tertiary/aromatic N) is 1. The van der Waals surface area contributed by atoms with Crippen molar-refractivity contribution in [3.8, 4) is 0 Å². The lowest BCUT2D eigenvalue weighted by Gasteiger charge is -2.43. The molecule has 0 aromatic carbocycles. The number of amides is 1. The van der Waals surface area contributed by atoms with Crippen LogP contribution >= 0.6 is 0 Å². The normalized spacial score (nSPS) is 16.4. The minimum absolute atomic E-state index is 0.106. The van der Waals surface area contributed by atoms with Crippen molar-refractivity contribution in [2.75, 3.05) is 26.3 Å². The van der Waals surface area contributed by atoms with Crippen LogP contribution in [0.5, 0.6) is 0 Å². The molecule has 1 amide bonds. The van der Waals surface area contributed by atoms with Gasteiger partial charge in [-0.15, -0.1) is 0 Å². The fraction of sp³-hybridized carbons (Fsp3) is 0.750. The molecule has 0 bridgehead atoms. The lowest BCUT2D eigenvalue weighted by Crippen LogP contribution is -2.66. The molecule has 7 nitrogen and oxygen atoms in total. The van der Waals surface area contributed by atoms with Gasteiger partial charge >= 0.3 is 18.0 Å². The molecular weight excluding hydrogens is 254 g/mol. The van der Waals surface area contributed by atoms with Gasteiger partial charge in [0.15, 0.2) is 5.41 Å². The van der Waals surface area contributed by atoms with E-state index in [0.717, 1.165) is 12.8 Å². The van der Waals surface area contributed by atoms with Gasteiger partial charge in [0.2, 0.25) is 0 Å². The lowest BCUT2D eigenvalue weighted by molar-refractivity contribution is -0.179. The zero-order chi connectivity index (χ0) is 14.5. The molecule has 1 rings (SSSR count). The molecule has 0 unspecified atom stereocenters. The Labute approximate surface area is 111 Å². The minimum atomic E-state index is -1.64. The molecule has 1 N–H and O–H groups in total. The van der Waals surface area contributed by atoms with Crippen molar-refractivity contribution in [1.29, 1.82) is 0 Å². The van der Waals surface area contributed by atoms with Crippen molar-refractivity contribution in [3.63, 3.8) is 0 Å². The number of carboxylic acid groups (broad SMARTS) is 1. The van der Waals surface area contributed by atoms with Crippen molar-refractivity contribution in [1.82, 2.24) is 4.90 Å². The Hall–Kier alpha value is -1.79. The van der Waals surface area contributed by atoms with Crippen molar-refractivity contribution in [2.45, 2.75) is 26.7 Å². The summed E-state index contributed by atoms with van der Waals surface area (Å²) in [6.07, 6.45) is 1.06. The summed E-state index contributed by atoms with van der Waals surface area (Å²) in [5.41, 5.74) is -1.64. The van der Waals surface area contributed by atoms with E-state index in [2.05, 4.69) is 0 Å². The predicted octanol–water partition coefficient (Wildman–Crippen LogP) is 0.873. The topological polar surface area (TPSA) is 93.1 Å². The van der Waals surface area contributed by atoms with Crippen LogP contribution in [0.2, 0.25) is 0 Å². The van der Waals surface area contributed by atoms with Crippen LogP contribution in [0, 0.1) is 5.41 Å². The summed E-state index contributed by atoms with van der Waals surface area (Å²) in [6, 6.07) is 0. The first-order valence-corrected chi connectivity index (χ1v) is 6.30. The Morgan fingerprint density at radius 3 is 2.32 bits per heavy atom. The number of esters is 1. The quantitative estimate of drug-likeness (QED) is 0.438. The second-order valence-electron chi connectivity index (χ2n) is 4.43. The maximum Gasteiger partial charge on any atom is 0.409 e. The number of aliphatic carboxylic acids is 1. The van der Waals surface area contributed by atoms with Crippen molar-refractivity contribution < 1.29 is 29.0 Å². The van der Waals surface area contributed by atoms with Gasteiger partial charge in [-0.2, -0.15) is 0 Å². The monoisotopic (exact) mass is 273 g/mol. The third-order valence-electron chi connectivity index (χ3n) is 2.98. The molecule has 1 aliphatic heterocycles. The van der Waals surface area contributed by atoms with Crippen LogP contribution in [-0.4, -0.2) is 54.3 Å². The average Bonchev–Trinajstić information content (AvgIpc) is 2.27. The molecule has 0 atom stereocenters. The molecule has 0 spiro atoms. The van der Waals surface area contributed by atoms with Crippen LogP contribution in [0.15, 0.2) is 0 Å². The van der Waals surface area contributed by atoms with Crippen LogP contribution in [0.3, 0.4) is 0 Å². The minimum Gasteiger partial charge on any atom is -0.480 e. The number of hydrogen-bond donors (Lipinski definition) is 1. The van der Waals surface area contributed by atoms with E-state index in [9.17, 15) is 14.4 Å². The van der Waals surface area contributed by atoms with Gasteiger partial charge in [0, 0.05) is 0 Å². The van der Waals surface area contributed by atoms with E-state index in [1.807, 2.05) is 6.92 Å². The van der Waals surface area contributed by atoms with E-state index in [-0.39, 0.29) is 19.7 Å². The highest BCUT2D eigenvalue weighted by atomic mass is 16.6. The molecular formula is C12H19NO6. The largest absolute Gasteiger partial charge is 0.480 e. The molecule has 0 radical (unpaired) electrons. The van der Waals surface area contributed by atoms with Gasteiger partial charge in [-0.1, -0.05) is 13.3 Å². The van der Waals surface area contributed by atoms with Crippen LogP contribution in [0.4, 0.5) is 4.79 Å².